The number of unbranched alkanes of at least 4 members (excludes halogenated alkanes) is 20. The fourth-order valence-electron chi connectivity index (χ4n) is 6.81. The van der Waals surface area contributed by atoms with Crippen LogP contribution in [-0.4, -0.2) is 37.2 Å². The van der Waals surface area contributed by atoms with Gasteiger partial charge in [0.25, 0.3) is 0 Å². The van der Waals surface area contributed by atoms with Gasteiger partial charge in [-0.2, -0.15) is 0 Å². The van der Waals surface area contributed by atoms with Gasteiger partial charge in [0.2, 0.25) is 0 Å². The minimum absolute atomic E-state index is 0.102. The van der Waals surface area contributed by atoms with Gasteiger partial charge in [0, 0.05) is 19.3 Å². The van der Waals surface area contributed by atoms with Crippen LogP contribution < -0.4 is 0 Å². The second kappa shape index (κ2) is 50.2. The molecule has 0 rings (SSSR count). The number of esters is 3. The maximum absolute atomic E-state index is 12.8. The van der Waals surface area contributed by atoms with Crippen LogP contribution >= 0.6 is 0 Å². The third-order valence-corrected chi connectivity index (χ3v) is 10.6. The van der Waals surface area contributed by atoms with E-state index in [1.165, 1.54) is 96.3 Å². The van der Waals surface area contributed by atoms with Gasteiger partial charge in [0.1, 0.15) is 13.2 Å². The molecule has 6 heteroatoms. The zero-order valence-electron chi connectivity index (χ0n) is 40.4. The number of hydrogen-bond acceptors (Lipinski definition) is 6. The summed E-state index contributed by atoms with van der Waals surface area (Å²) in [6.07, 6.45) is 64.3. The summed E-state index contributed by atoms with van der Waals surface area (Å²) >= 11 is 0. The fraction of sp³-hybridized carbons (Fsp3) is 0.696. The lowest BCUT2D eigenvalue weighted by atomic mass is 10.0. The molecule has 0 aliphatic heterocycles. The van der Waals surface area contributed by atoms with E-state index in [1.807, 2.05) is 6.08 Å². The first-order valence-corrected chi connectivity index (χ1v) is 25.6. The Morgan fingerprint density at radius 2 is 0.661 bits per heavy atom. The van der Waals surface area contributed by atoms with E-state index >= 15 is 0 Å². The average molecular weight is 863 g/mol. The Morgan fingerprint density at radius 1 is 0.339 bits per heavy atom. The lowest BCUT2D eigenvalue weighted by Crippen LogP contribution is -2.30. The van der Waals surface area contributed by atoms with Crippen LogP contribution in [0.15, 0.2) is 85.1 Å². The molecule has 0 aromatic rings. The minimum Gasteiger partial charge on any atom is -0.462 e. The predicted octanol–water partition coefficient (Wildman–Crippen LogP) is 16.8. The van der Waals surface area contributed by atoms with Crippen molar-refractivity contribution in [3.05, 3.63) is 85.1 Å². The van der Waals surface area contributed by atoms with Crippen molar-refractivity contribution in [2.75, 3.05) is 13.2 Å². The summed E-state index contributed by atoms with van der Waals surface area (Å²) in [7, 11) is 0. The highest BCUT2D eigenvalue weighted by atomic mass is 16.6. The van der Waals surface area contributed by atoms with Crippen molar-refractivity contribution >= 4 is 17.9 Å². The maximum Gasteiger partial charge on any atom is 0.306 e. The largest absolute Gasteiger partial charge is 0.462 e. The molecule has 0 bridgehead atoms. The number of carbonyl (C=O) groups is 3. The van der Waals surface area contributed by atoms with Gasteiger partial charge in [-0.15, -0.1) is 0 Å². The molecule has 6 nitrogen and oxygen atoms in total. The van der Waals surface area contributed by atoms with Crippen molar-refractivity contribution in [2.24, 2.45) is 0 Å². The Bertz CT molecular complexity index is 1220. The molecule has 0 saturated heterocycles. The molecule has 0 unspecified atom stereocenters. The Kier molecular flexibility index (Phi) is 47.5. The molecular weight excluding hydrogens is 769 g/mol. The highest BCUT2D eigenvalue weighted by molar-refractivity contribution is 5.71. The molecule has 0 saturated carbocycles. The molecule has 0 fully saturated rings. The second-order valence-corrected chi connectivity index (χ2v) is 16.7. The zero-order chi connectivity index (χ0) is 45.1. The van der Waals surface area contributed by atoms with Gasteiger partial charge in [-0.3, -0.25) is 14.4 Å². The van der Waals surface area contributed by atoms with Crippen LogP contribution in [0.2, 0.25) is 0 Å². The van der Waals surface area contributed by atoms with Crippen molar-refractivity contribution in [3.63, 3.8) is 0 Å². The topological polar surface area (TPSA) is 78.9 Å². The van der Waals surface area contributed by atoms with Gasteiger partial charge < -0.3 is 14.2 Å². The predicted molar refractivity (Wildman–Crippen MR) is 265 cm³/mol. The Balaban J connectivity index is 4.49. The number of rotatable bonds is 45. The summed E-state index contributed by atoms with van der Waals surface area (Å²) in [5.74, 6) is -1.000. The van der Waals surface area contributed by atoms with E-state index in [2.05, 4.69) is 99.8 Å². The molecule has 0 amide bonds. The van der Waals surface area contributed by atoms with Crippen LogP contribution in [0.1, 0.15) is 233 Å². The van der Waals surface area contributed by atoms with E-state index in [1.54, 1.807) is 0 Å². The Morgan fingerprint density at radius 3 is 1.10 bits per heavy atom. The first-order chi connectivity index (χ1) is 30.5. The van der Waals surface area contributed by atoms with Gasteiger partial charge >= 0.3 is 17.9 Å². The van der Waals surface area contributed by atoms with Crippen molar-refractivity contribution in [1.29, 1.82) is 0 Å². The number of hydrogen-bond donors (Lipinski definition) is 0. The fourth-order valence-corrected chi connectivity index (χ4v) is 6.81. The van der Waals surface area contributed by atoms with Crippen LogP contribution in [0.5, 0.6) is 0 Å². The molecule has 0 N–H and O–H groups in total. The van der Waals surface area contributed by atoms with Crippen molar-refractivity contribution < 1.29 is 28.6 Å². The molecule has 0 radical (unpaired) electrons. The van der Waals surface area contributed by atoms with Crippen molar-refractivity contribution in [1.82, 2.24) is 0 Å². The normalized spacial score (nSPS) is 12.8. The van der Waals surface area contributed by atoms with Crippen LogP contribution in [0.3, 0.4) is 0 Å². The summed E-state index contributed by atoms with van der Waals surface area (Å²) in [5, 5.41) is 0. The average Bonchev–Trinajstić information content (AvgIpc) is 3.27. The molecule has 0 aliphatic rings. The Hall–Kier alpha value is -3.41. The molecule has 0 aromatic heterocycles. The van der Waals surface area contributed by atoms with E-state index in [4.69, 9.17) is 14.2 Å². The highest BCUT2D eigenvalue weighted by Crippen LogP contribution is 2.14. The van der Waals surface area contributed by atoms with Gasteiger partial charge in [0.05, 0.1) is 0 Å². The summed E-state index contributed by atoms with van der Waals surface area (Å²) in [6, 6.07) is 0. The van der Waals surface area contributed by atoms with Crippen molar-refractivity contribution in [2.45, 2.75) is 239 Å². The third-order valence-electron chi connectivity index (χ3n) is 10.6. The maximum atomic E-state index is 12.8. The lowest BCUT2D eigenvalue weighted by Gasteiger charge is -2.18. The van der Waals surface area contributed by atoms with E-state index in [0.717, 1.165) is 89.9 Å². The SMILES string of the molecule is CC/C=C\C/C=C\C/C=C\C/C=C\C/C=C\C/C=C\CCC(=O)OC[C@H](COC(=O)CCCCCCCCCCCCCC)OC(=O)CCCCCCC/C=C\CCCCCC. The molecule has 0 aliphatic carbocycles. The van der Waals surface area contributed by atoms with E-state index in [9.17, 15) is 14.4 Å². The number of ether oxygens (including phenoxy) is 3. The summed E-state index contributed by atoms with van der Waals surface area (Å²) in [4.78, 5) is 37.9. The molecular formula is C56H94O6. The van der Waals surface area contributed by atoms with E-state index in [0.29, 0.717) is 19.3 Å². The van der Waals surface area contributed by atoms with Crippen LogP contribution in [0.4, 0.5) is 0 Å². The monoisotopic (exact) mass is 863 g/mol. The van der Waals surface area contributed by atoms with Crippen LogP contribution in [0, 0.1) is 0 Å². The first kappa shape index (κ1) is 58.6. The third kappa shape index (κ3) is 47.6. The molecule has 0 aromatic carbocycles. The summed E-state index contributed by atoms with van der Waals surface area (Å²) in [5.41, 5.74) is 0. The quantitative estimate of drug-likeness (QED) is 0.0263. The molecule has 62 heavy (non-hydrogen) atoms. The Labute approximate surface area is 382 Å². The molecule has 1 atom stereocenters. The lowest BCUT2D eigenvalue weighted by molar-refractivity contribution is -0.166. The van der Waals surface area contributed by atoms with Gasteiger partial charge in [-0.25, -0.2) is 0 Å². The van der Waals surface area contributed by atoms with E-state index < -0.39 is 6.10 Å². The molecule has 0 heterocycles. The number of carbonyl (C=O) groups excluding carboxylic acids is 3. The van der Waals surface area contributed by atoms with Gasteiger partial charge in [-0.05, 0) is 83.5 Å². The zero-order valence-corrected chi connectivity index (χ0v) is 40.4. The second-order valence-electron chi connectivity index (χ2n) is 16.7. The summed E-state index contributed by atoms with van der Waals surface area (Å²) in [6.45, 7) is 6.43. The standard InChI is InChI=1S/C56H94O6/c1-4-7-10-13-16-19-22-25-26-27-28-29-30-32-34-37-40-43-46-49-55(58)61-52-53(51-60-54(57)48-45-42-39-36-33-24-21-18-15-12-9-6-3)62-56(59)50-47-44-41-38-35-31-23-20-17-14-11-8-5-2/h7,10,16,19-20,23,25-26,28-29,32,34,40,43,53H,4-6,8-9,11-15,17-18,21-22,24,27,30-31,33,35-39,41-42,44-52H2,1-3H3/b10-7-,19-16-,23-20-,26-25-,29-28-,34-32-,43-40-/t53-/m0/s1. The smallest absolute Gasteiger partial charge is 0.306 e. The summed E-state index contributed by atoms with van der Waals surface area (Å²) < 4.78 is 16.7. The van der Waals surface area contributed by atoms with Crippen molar-refractivity contribution in [3.8, 4) is 0 Å². The van der Waals surface area contributed by atoms with Gasteiger partial charge in [-0.1, -0.05) is 215 Å². The molecule has 354 valence electrons. The van der Waals surface area contributed by atoms with E-state index in [-0.39, 0.29) is 37.5 Å². The minimum atomic E-state index is -0.808. The van der Waals surface area contributed by atoms with Crippen LogP contribution in [-0.2, 0) is 28.6 Å². The highest BCUT2D eigenvalue weighted by Gasteiger charge is 2.19. The first-order valence-electron chi connectivity index (χ1n) is 25.6. The molecule has 0 spiro atoms. The number of allylic oxidation sites excluding steroid dienone is 14. The van der Waals surface area contributed by atoms with Gasteiger partial charge in [0.15, 0.2) is 6.10 Å². The van der Waals surface area contributed by atoms with Crippen LogP contribution in [0.25, 0.3) is 0 Å².